The molecule has 192 valence electrons. The summed E-state index contributed by atoms with van der Waals surface area (Å²) >= 11 is 0. The minimum Gasteiger partial charge on any atom is -0.476 e. The van der Waals surface area contributed by atoms with Crippen LogP contribution in [0.4, 0.5) is 11.4 Å². The van der Waals surface area contributed by atoms with Gasteiger partial charge in [0.15, 0.2) is 6.10 Å². The number of ether oxygens (including phenoxy) is 2. The van der Waals surface area contributed by atoms with Crippen molar-refractivity contribution in [1.82, 2.24) is 4.90 Å². The highest BCUT2D eigenvalue weighted by Gasteiger charge is 2.37. The molecule has 9 nitrogen and oxygen atoms in total. The second kappa shape index (κ2) is 10.6. The third-order valence-electron chi connectivity index (χ3n) is 6.27. The van der Waals surface area contributed by atoms with Gasteiger partial charge in [-0.1, -0.05) is 54.6 Å². The van der Waals surface area contributed by atoms with E-state index in [0.717, 1.165) is 0 Å². The molecule has 1 saturated heterocycles. The van der Waals surface area contributed by atoms with Crippen molar-refractivity contribution in [1.29, 1.82) is 0 Å². The number of benzene rings is 3. The Morgan fingerprint density at radius 1 is 0.892 bits per heavy atom. The Hall–Kier alpha value is -3.89. The van der Waals surface area contributed by atoms with E-state index in [2.05, 4.69) is 5.32 Å². The standard InChI is InChI=1S/C27H27N3O6S/c31-26(28-22-11-5-4-10-21(22)27(32)29-14-16-35-17-15-29)25-18-30(23-12-6-7-13-24(23)36-25)37(33,34)19-20-8-2-1-3-9-20/h1-13,25H,14-19H2,(H,28,31)/t25-/m1/s1. The first-order valence-corrected chi connectivity index (χ1v) is 13.6. The number of fused-ring (bicyclic) bond motifs is 1. The van der Waals surface area contributed by atoms with Gasteiger partial charge < -0.3 is 19.7 Å². The number of sulfonamides is 1. The van der Waals surface area contributed by atoms with Crippen LogP contribution in [0.3, 0.4) is 0 Å². The largest absolute Gasteiger partial charge is 0.476 e. The summed E-state index contributed by atoms with van der Waals surface area (Å²) in [6.45, 7) is 1.67. The molecule has 0 spiro atoms. The number of carbonyl (C=O) groups is 2. The van der Waals surface area contributed by atoms with E-state index in [1.165, 1.54) is 4.31 Å². The summed E-state index contributed by atoms with van der Waals surface area (Å²) in [5, 5.41) is 2.79. The molecule has 2 amide bonds. The average Bonchev–Trinajstić information content (AvgIpc) is 2.93. The lowest BCUT2D eigenvalue weighted by Crippen LogP contribution is -2.49. The summed E-state index contributed by atoms with van der Waals surface area (Å²) < 4.78 is 39.4. The average molecular weight is 522 g/mol. The number of amides is 2. The predicted molar refractivity (Wildman–Crippen MR) is 139 cm³/mol. The van der Waals surface area contributed by atoms with Crippen molar-refractivity contribution in [3.05, 3.63) is 90.0 Å². The first-order valence-electron chi connectivity index (χ1n) is 12.0. The number of morpholine rings is 1. The molecular weight excluding hydrogens is 494 g/mol. The van der Waals surface area contributed by atoms with E-state index in [1.807, 2.05) is 6.07 Å². The maximum atomic E-state index is 13.4. The molecule has 10 heteroatoms. The zero-order valence-corrected chi connectivity index (χ0v) is 20.9. The van der Waals surface area contributed by atoms with E-state index in [9.17, 15) is 18.0 Å². The van der Waals surface area contributed by atoms with Crippen molar-refractivity contribution in [2.24, 2.45) is 0 Å². The molecule has 1 atom stereocenters. The quantitative estimate of drug-likeness (QED) is 0.535. The highest BCUT2D eigenvalue weighted by molar-refractivity contribution is 7.92. The van der Waals surface area contributed by atoms with Crippen LogP contribution in [0, 0.1) is 0 Å². The van der Waals surface area contributed by atoms with Crippen molar-refractivity contribution < 1.29 is 27.5 Å². The van der Waals surface area contributed by atoms with Gasteiger partial charge in [-0.15, -0.1) is 0 Å². The molecule has 2 aliphatic heterocycles. The van der Waals surface area contributed by atoms with Crippen LogP contribution in [-0.4, -0.2) is 64.1 Å². The minimum absolute atomic E-state index is 0.197. The van der Waals surface area contributed by atoms with Crippen molar-refractivity contribution in [2.75, 3.05) is 42.5 Å². The number of rotatable bonds is 6. The van der Waals surface area contributed by atoms with Gasteiger partial charge in [0.1, 0.15) is 5.75 Å². The molecule has 0 bridgehead atoms. The van der Waals surface area contributed by atoms with Crippen molar-refractivity contribution in [3.8, 4) is 5.75 Å². The van der Waals surface area contributed by atoms with Crippen LogP contribution >= 0.6 is 0 Å². The van der Waals surface area contributed by atoms with E-state index in [0.29, 0.717) is 54.6 Å². The Kier molecular flexibility index (Phi) is 7.11. The fourth-order valence-electron chi connectivity index (χ4n) is 4.39. The summed E-state index contributed by atoms with van der Waals surface area (Å²) in [5.74, 6) is -0.672. The van der Waals surface area contributed by atoms with E-state index >= 15 is 0 Å². The van der Waals surface area contributed by atoms with Crippen molar-refractivity contribution in [2.45, 2.75) is 11.9 Å². The van der Waals surface area contributed by atoms with E-state index in [4.69, 9.17) is 9.47 Å². The summed E-state index contributed by atoms with van der Waals surface area (Å²) in [4.78, 5) is 28.1. The molecule has 37 heavy (non-hydrogen) atoms. The summed E-state index contributed by atoms with van der Waals surface area (Å²) in [6.07, 6.45) is -1.12. The van der Waals surface area contributed by atoms with Gasteiger partial charge in [0.2, 0.25) is 10.0 Å². The Balaban J connectivity index is 1.38. The minimum atomic E-state index is -3.82. The zero-order valence-electron chi connectivity index (χ0n) is 20.1. The lowest BCUT2D eigenvalue weighted by molar-refractivity contribution is -0.122. The zero-order chi connectivity index (χ0) is 25.8. The van der Waals surface area contributed by atoms with Gasteiger partial charge in [-0.3, -0.25) is 13.9 Å². The molecule has 5 rings (SSSR count). The van der Waals surface area contributed by atoms with Gasteiger partial charge in [0, 0.05) is 13.1 Å². The third kappa shape index (κ3) is 5.45. The number of hydrogen-bond donors (Lipinski definition) is 1. The second-order valence-electron chi connectivity index (χ2n) is 8.79. The lowest BCUT2D eigenvalue weighted by atomic mass is 10.1. The molecule has 0 aromatic heterocycles. The maximum Gasteiger partial charge on any atom is 0.267 e. The number of nitrogens with zero attached hydrogens (tertiary/aromatic N) is 2. The molecule has 2 heterocycles. The van der Waals surface area contributed by atoms with Gasteiger partial charge in [-0.2, -0.15) is 0 Å². The monoisotopic (exact) mass is 521 g/mol. The van der Waals surface area contributed by atoms with Crippen molar-refractivity contribution >= 4 is 33.2 Å². The van der Waals surface area contributed by atoms with E-state index in [1.54, 1.807) is 77.7 Å². The first kappa shape index (κ1) is 24.8. The van der Waals surface area contributed by atoms with Crippen LogP contribution in [0.1, 0.15) is 15.9 Å². The number of hydrogen-bond acceptors (Lipinski definition) is 6. The Morgan fingerprint density at radius 2 is 1.57 bits per heavy atom. The molecule has 0 saturated carbocycles. The molecule has 1 fully saturated rings. The molecule has 1 N–H and O–H groups in total. The molecule has 0 radical (unpaired) electrons. The normalized spacial score (nSPS) is 17.5. The van der Waals surface area contributed by atoms with Crippen LogP contribution < -0.4 is 14.4 Å². The molecule has 2 aliphatic rings. The lowest BCUT2D eigenvalue weighted by Gasteiger charge is -2.35. The van der Waals surface area contributed by atoms with Crippen molar-refractivity contribution in [3.63, 3.8) is 0 Å². The van der Waals surface area contributed by atoms with Crippen LogP contribution in [0.25, 0.3) is 0 Å². The maximum absolute atomic E-state index is 13.4. The predicted octanol–water partition coefficient (Wildman–Crippen LogP) is 2.90. The number of anilines is 2. The topological polar surface area (TPSA) is 105 Å². The van der Waals surface area contributed by atoms with E-state index in [-0.39, 0.29) is 18.2 Å². The molecular formula is C27H27N3O6S. The van der Waals surface area contributed by atoms with Crippen LogP contribution in [0.15, 0.2) is 78.9 Å². The highest BCUT2D eigenvalue weighted by Crippen LogP contribution is 2.36. The summed E-state index contributed by atoms with van der Waals surface area (Å²) in [5.41, 5.74) is 1.71. The summed E-state index contributed by atoms with van der Waals surface area (Å²) in [7, 11) is -3.82. The van der Waals surface area contributed by atoms with Crippen LogP contribution in [0.2, 0.25) is 0 Å². The SMILES string of the molecule is O=C(Nc1ccccc1C(=O)N1CCOCC1)[C@H]1CN(S(=O)(=O)Cc2ccccc2)c2ccccc2O1. The molecule has 3 aromatic rings. The second-order valence-corrected chi connectivity index (χ2v) is 10.7. The summed E-state index contributed by atoms with van der Waals surface area (Å²) in [6, 6.07) is 22.4. The Morgan fingerprint density at radius 3 is 2.35 bits per heavy atom. The van der Waals surface area contributed by atoms with Gasteiger partial charge in [-0.05, 0) is 29.8 Å². The van der Waals surface area contributed by atoms with Gasteiger partial charge in [-0.25, -0.2) is 8.42 Å². The number of nitrogens with one attached hydrogen (secondary N) is 1. The van der Waals surface area contributed by atoms with Crippen LogP contribution in [0.5, 0.6) is 5.75 Å². The number of carbonyl (C=O) groups excluding carboxylic acids is 2. The smallest absolute Gasteiger partial charge is 0.267 e. The van der Waals surface area contributed by atoms with E-state index < -0.39 is 22.0 Å². The number of para-hydroxylation sites is 3. The first-order chi connectivity index (χ1) is 17.9. The highest BCUT2D eigenvalue weighted by atomic mass is 32.2. The van der Waals surface area contributed by atoms with Gasteiger partial charge in [0.05, 0.1) is 42.4 Å². The Bertz CT molecular complexity index is 1390. The molecule has 0 aliphatic carbocycles. The van der Waals surface area contributed by atoms with Crippen LogP contribution in [-0.2, 0) is 25.3 Å². The van der Waals surface area contributed by atoms with Gasteiger partial charge >= 0.3 is 0 Å². The molecule has 0 unspecified atom stereocenters. The molecule has 3 aromatic carbocycles. The fourth-order valence-corrected chi connectivity index (χ4v) is 5.98. The van der Waals surface area contributed by atoms with Gasteiger partial charge in [0.25, 0.3) is 11.8 Å². The third-order valence-corrected chi connectivity index (χ3v) is 7.98. The fraction of sp³-hybridized carbons (Fsp3) is 0.259. The Labute approximate surface area is 215 Å².